The molecule has 1 aliphatic heterocycles. The molecular weight excluding hydrogens is 374 g/mol. The summed E-state index contributed by atoms with van der Waals surface area (Å²) in [7, 11) is 1.57. The highest BCUT2D eigenvalue weighted by molar-refractivity contribution is 6.34. The molecule has 152 valence electrons. The zero-order chi connectivity index (χ0) is 20.8. The van der Waals surface area contributed by atoms with Gasteiger partial charge in [0, 0.05) is 0 Å². The van der Waals surface area contributed by atoms with Gasteiger partial charge in [0.25, 0.3) is 11.8 Å². The number of nitrogens with zero attached hydrogens (tertiary/aromatic N) is 1. The Morgan fingerprint density at radius 2 is 1.38 bits per heavy atom. The van der Waals surface area contributed by atoms with E-state index in [0.717, 1.165) is 11.3 Å². The van der Waals surface area contributed by atoms with Crippen LogP contribution in [0.1, 0.15) is 18.9 Å². The number of hydrogen-bond donors (Lipinski definition) is 1. The number of methoxy groups -OCH3 is 1. The predicted octanol–water partition coefficient (Wildman–Crippen LogP) is 3.20. The van der Waals surface area contributed by atoms with Crippen molar-refractivity contribution in [2.45, 2.75) is 13.3 Å². The number of rotatable bonds is 9. The zero-order valence-electron chi connectivity index (χ0n) is 16.4. The quantitative estimate of drug-likeness (QED) is 0.654. The smallest absolute Gasteiger partial charge is 0.296 e. The number of aliphatic hydroxyl groups is 1. The van der Waals surface area contributed by atoms with E-state index in [-0.39, 0.29) is 18.7 Å². The van der Waals surface area contributed by atoms with Crippen molar-refractivity contribution in [1.29, 1.82) is 0 Å². The van der Waals surface area contributed by atoms with Crippen molar-refractivity contribution in [3.63, 3.8) is 0 Å². The van der Waals surface area contributed by atoms with Crippen molar-refractivity contribution < 1.29 is 28.9 Å². The largest absolute Gasteiger partial charge is 0.502 e. The Hall–Kier alpha value is -3.48. The van der Waals surface area contributed by atoms with Crippen LogP contribution in [0, 0.1) is 0 Å². The van der Waals surface area contributed by atoms with E-state index in [9.17, 15) is 14.7 Å². The van der Waals surface area contributed by atoms with Crippen LogP contribution in [0.15, 0.2) is 54.3 Å². The molecule has 1 N–H and O–H groups in total. The summed E-state index contributed by atoms with van der Waals surface area (Å²) in [6.45, 7) is 2.72. The molecule has 0 fully saturated rings. The second-order valence-corrected chi connectivity index (χ2v) is 6.38. The van der Waals surface area contributed by atoms with Gasteiger partial charge in [0.15, 0.2) is 5.76 Å². The first-order valence-corrected chi connectivity index (χ1v) is 9.34. The highest BCUT2D eigenvalue weighted by Gasteiger charge is 2.39. The Kier molecular flexibility index (Phi) is 6.39. The number of amides is 2. The minimum Gasteiger partial charge on any atom is -0.502 e. The van der Waals surface area contributed by atoms with Crippen molar-refractivity contribution >= 4 is 17.4 Å². The molecule has 0 unspecified atom stereocenters. The summed E-state index contributed by atoms with van der Waals surface area (Å²) < 4.78 is 16.2. The van der Waals surface area contributed by atoms with Crippen molar-refractivity contribution in [3.8, 4) is 17.2 Å². The van der Waals surface area contributed by atoms with E-state index in [1.165, 1.54) is 0 Å². The molecule has 7 heteroatoms. The monoisotopic (exact) mass is 397 g/mol. The first-order chi connectivity index (χ1) is 14.0. The fraction of sp³-hybridized carbons (Fsp3) is 0.273. The number of benzene rings is 2. The first kappa shape index (κ1) is 20.3. The molecular formula is C22H23NO6. The van der Waals surface area contributed by atoms with Crippen LogP contribution in [0.4, 0.5) is 0 Å². The van der Waals surface area contributed by atoms with Gasteiger partial charge in [-0.2, -0.15) is 0 Å². The lowest BCUT2D eigenvalue weighted by molar-refractivity contribution is -0.138. The maximum atomic E-state index is 12.7. The van der Waals surface area contributed by atoms with Crippen LogP contribution in [-0.4, -0.2) is 48.7 Å². The molecule has 7 nitrogen and oxygen atoms in total. The maximum Gasteiger partial charge on any atom is 0.296 e. The maximum absolute atomic E-state index is 12.7. The number of ether oxygens (including phenoxy) is 3. The molecule has 0 spiro atoms. The second-order valence-electron chi connectivity index (χ2n) is 6.38. The second kappa shape index (κ2) is 9.14. The fourth-order valence-corrected chi connectivity index (χ4v) is 2.89. The first-order valence-electron chi connectivity index (χ1n) is 9.34. The highest BCUT2D eigenvalue weighted by atomic mass is 16.5. The molecule has 2 aromatic rings. The summed E-state index contributed by atoms with van der Waals surface area (Å²) in [5.74, 6) is 0.124. The third-order valence-electron chi connectivity index (χ3n) is 4.40. The minimum absolute atomic E-state index is 0.0125. The van der Waals surface area contributed by atoms with Crippen LogP contribution in [-0.2, 0) is 9.59 Å². The van der Waals surface area contributed by atoms with E-state index in [4.69, 9.17) is 14.2 Å². The van der Waals surface area contributed by atoms with Crippen LogP contribution in [0.5, 0.6) is 17.2 Å². The van der Waals surface area contributed by atoms with Crippen molar-refractivity contribution in [2.75, 3.05) is 26.9 Å². The van der Waals surface area contributed by atoms with E-state index in [2.05, 4.69) is 0 Å². The number of aliphatic hydroxyl groups excluding tert-OH is 1. The van der Waals surface area contributed by atoms with Gasteiger partial charge in [-0.05, 0) is 48.4 Å². The van der Waals surface area contributed by atoms with Crippen LogP contribution >= 0.6 is 0 Å². The molecule has 29 heavy (non-hydrogen) atoms. The lowest BCUT2D eigenvalue weighted by Crippen LogP contribution is -2.35. The Morgan fingerprint density at radius 1 is 0.828 bits per heavy atom. The SMILES string of the molecule is CCCOc1ccc(C2=C(O)C(=O)N(CCOc3ccc(OC)cc3)C2=O)cc1. The molecule has 1 aliphatic rings. The van der Waals surface area contributed by atoms with Gasteiger partial charge in [-0.15, -0.1) is 0 Å². The summed E-state index contributed by atoms with van der Waals surface area (Å²) in [4.78, 5) is 26.0. The molecule has 0 radical (unpaired) electrons. The summed E-state index contributed by atoms with van der Waals surface area (Å²) in [5.41, 5.74) is 0.449. The molecule has 0 bridgehead atoms. The van der Waals surface area contributed by atoms with Crippen LogP contribution in [0.3, 0.4) is 0 Å². The molecule has 1 heterocycles. The molecule has 2 amide bonds. The lowest BCUT2D eigenvalue weighted by Gasteiger charge is -2.15. The Labute approximate surface area is 169 Å². The topological polar surface area (TPSA) is 85.3 Å². The van der Waals surface area contributed by atoms with Gasteiger partial charge < -0.3 is 19.3 Å². The van der Waals surface area contributed by atoms with Gasteiger partial charge in [0.05, 0.1) is 25.8 Å². The predicted molar refractivity (Wildman–Crippen MR) is 107 cm³/mol. The number of hydrogen-bond acceptors (Lipinski definition) is 6. The molecule has 0 aliphatic carbocycles. The van der Waals surface area contributed by atoms with Crippen molar-refractivity contribution in [3.05, 3.63) is 59.9 Å². The van der Waals surface area contributed by atoms with Gasteiger partial charge in [-0.25, -0.2) is 0 Å². The molecule has 2 aromatic carbocycles. The number of carbonyl (C=O) groups is 2. The Morgan fingerprint density at radius 3 is 1.97 bits per heavy atom. The standard InChI is InChI=1S/C22H23NO6/c1-3-13-28-17-6-4-15(5-7-17)19-20(24)22(26)23(21(19)25)12-14-29-18-10-8-16(27-2)9-11-18/h4-11,24H,3,12-14H2,1-2H3. The third kappa shape index (κ3) is 4.51. The number of imide groups is 1. The minimum atomic E-state index is -0.727. The van der Waals surface area contributed by atoms with E-state index < -0.39 is 17.6 Å². The molecule has 0 atom stereocenters. The van der Waals surface area contributed by atoms with Crippen molar-refractivity contribution in [2.24, 2.45) is 0 Å². The van der Waals surface area contributed by atoms with Crippen LogP contribution in [0.2, 0.25) is 0 Å². The Balaban J connectivity index is 1.63. The highest BCUT2D eigenvalue weighted by Crippen LogP contribution is 2.29. The average molecular weight is 397 g/mol. The zero-order valence-corrected chi connectivity index (χ0v) is 16.4. The van der Waals surface area contributed by atoms with Gasteiger partial charge in [-0.1, -0.05) is 19.1 Å². The lowest BCUT2D eigenvalue weighted by atomic mass is 10.1. The van der Waals surface area contributed by atoms with E-state index in [0.29, 0.717) is 29.4 Å². The number of carbonyl (C=O) groups excluding carboxylic acids is 2. The van der Waals surface area contributed by atoms with Gasteiger partial charge >= 0.3 is 0 Å². The third-order valence-corrected chi connectivity index (χ3v) is 4.40. The average Bonchev–Trinajstić information content (AvgIpc) is 2.96. The summed E-state index contributed by atoms with van der Waals surface area (Å²) in [6.07, 6.45) is 0.883. The summed E-state index contributed by atoms with van der Waals surface area (Å²) >= 11 is 0. The van der Waals surface area contributed by atoms with Gasteiger partial charge in [0.2, 0.25) is 0 Å². The van der Waals surface area contributed by atoms with E-state index in [1.54, 1.807) is 55.6 Å². The van der Waals surface area contributed by atoms with Crippen LogP contribution in [0.25, 0.3) is 5.57 Å². The summed E-state index contributed by atoms with van der Waals surface area (Å²) in [5, 5.41) is 10.2. The molecule has 0 aromatic heterocycles. The molecule has 3 rings (SSSR count). The van der Waals surface area contributed by atoms with Gasteiger partial charge in [-0.3, -0.25) is 14.5 Å². The molecule has 0 saturated heterocycles. The fourth-order valence-electron chi connectivity index (χ4n) is 2.89. The Bertz CT molecular complexity index is 902. The van der Waals surface area contributed by atoms with E-state index in [1.807, 2.05) is 6.92 Å². The normalized spacial score (nSPS) is 13.8. The summed E-state index contributed by atoms with van der Waals surface area (Å²) in [6, 6.07) is 13.7. The van der Waals surface area contributed by atoms with Crippen molar-refractivity contribution in [1.82, 2.24) is 4.90 Å². The van der Waals surface area contributed by atoms with Crippen LogP contribution < -0.4 is 14.2 Å². The van der Waals surface area contributed by atoms with E-state index >= 15 is 0 Å². The van der Waals surface area contributed by atoms with Gasteiger partial charge in [0.1, 0.15) is 23.9 Å². The molecule has 0 saturated carbocycles.